The summed E-state index contributed by atoms with van der Waals surface area (Å²) in [6.07, 6.45) is 1.51. The Morgan fingerprint density at radius 1 is 1.59 bits per heavy atom. The SMILES string of the molecule is Cc1ccc([C@H](O)CNC(=O)c2cn[nH]c2[C@@H]2CCOC2)o1. The molecule has 2 aromatic rings. The van der Waals surface area contributed by atoms with Gasteiger partial charge in [0.05, 0.1) is 30.6 Å². The number of nitrogens with one attached hydrogen (secondary N) is 2. The molecule has 1 aliphatic rings. The average Bonchev–Trinajstić information content (AvgIpc) is 3.23. The van der Waals surface area contributed by atoms with Crippen molar-refractivity contribution in [1.29, 1.82) is 0 Å². The van der Waals surface area contributed by atoms with E-state index < -0.39 is 6.10 Å². The normalized spacial score (nSPS) is 19.3. The van der Waals surface area contributed by atoms with E-state index in [0.717, 1.165) is 17.9 Å². The molecule has 22 heavy (non-hydrogen) atoms. The molecule has 3 heterocycles. The number of rotatable bonds is 5. The Bertz CT molecular complexity index is 643. The van der Waals surface area contributed by atoms with Gasteiger partial charge in [-0.25, -0.2) is 0 Å². The van der Waals surface area contributed by atoms with E-state index in [1.807, 2.05) is 0 Å². The first kappa shape index (κ1) is 14.8. The molecule has 0 radical (unpaired) electrons. The zero-order valence-electron chi connectivity index (χ0n) is 12.3. The summed E-state index contributed by atoms with van der Waals surface area (Å²) in [7, 11) is 0. The van der Waals surface area contributed by atoms with Crippen LogP contribution in [0, 0.1) is 6.92 Å². The van der Waals surface area contributed by atoms with E-state index in [2.05, 4.69) is 15.5 Å². The summed E-state index contributed by atoms with van der Waals surface area (Å²) in [6, 6.07) is 3.47. The van der Waals surface area contributed by atoms with Crippen LogP contribution in [-0.2, 0) is 4.74 Å². The predicted octanol–water partition coefficient (Wildman–Crippen LogP) is 1.28. The zero-order valence-corrected chi connectivity index (χ0v) is 12.3. The molecular formula is C15H19N3O4. The molecule has 1 saturated heterocycles. The van der Waals surface area contributed by atoms with Gasteiger partial charge >= 0.3 is 0 Å². The quantitative estimate of drug-likeness (QED) is 0.772. The molecule has 2 aromatic heterocycles. The number of amides is 1. The van der Waals surface area contributed by atoms with E-state index in [4.69, 9.17) is 9.15 Å². The first-order chi connectivity index (χ1) is 10.6. The average molecular weight is 305 g/mol. The second-order valence-electron chi connectivity index (χ2n) is 5.43. The molecule has 1 aliphatic heterocycles. The van der Waals surface area contributed by atoms with Crippen LogP contribution in [0.2, 0.25) is 0 Å². The number of hydrogen-bond donors (Lipinski definition) is 3. The number of H-pyrrole nitrogens is 1. The minimum Gasteiger partial charge on any atom is -0.464 e. The highest BCUT2D eigenvalue weighted by Crippen LogP contribution is 2.26. The Hall–Kier alpha value is -2.12. The summed E-state index contributed by atoms with van der Waals surface area (Å²) in [4.78, 5) is 12.3. The third kappa shape index (κ3) is 3.05. The number of aliphatic hydroxyl groups is 1. The number of nitrogens with zero attached hydrogens (tertiary/aromatic N) is 1. The van der Waals surface area contributed by atoms with Crippen molar-refractivity contribution in [2.75, 3.05) is 19.8 Å². The highest BCUT2D eigenvalue weighted by molar-refractivity contribution is 5.95. The van der Waals surface area contributed by atoms with Crippen LogP contribution in [0.5, 0.6) is 0 Å². The number of carbonyl (C=O) groups excluding carboxylic acids is 1. The second kappa shape index (κ2) is 6.33. The molecule has 1 fully saturated rings. The number of ether oxygens (including phenoxy) is 1. The van der Waals surface area contributed by atoms with Crippen molar-refractivity contribution in [1.82, 2.24) is 15.5 Å². The van der Waals surface area contributed by atoms with Crippen LogP contribution in [0.15, 0.2) is 22.7 Å². The molecule has 0 aromatic carbocycles. The lowest BCUT2D eigenvalue weighted by Gasteiger charge is -2.11. The van der Waals surface area contributed by atoms with Crippen molar-refractivity contribution in [3.63, 3.8) is 0 Å². The monoisotopic (exact) mass is 305 g/mol. The number of aryl methyl sites for hydroxylation is 1. The van der Waals surface area contributed by atoms with Crippen molar-refractivity contribution >= 4 is 5.91 Å². The lowest BCUT2D eigenvalue weighted by Crippen LogP contribution is -2.29. The Labute approximate surface area is 127 Å². The molecule has 3 N–H and O–H groups in total. The van der Waals surface area contributed by atoms with Gasteiger partial charge in [-0.2, -0.15) is 5.10 Å². The van der Waals surface area contributed by atoms with Crippen LogP contribution in [0.1, 0.15) is 46.0 Å². The van der Waals surface area contributed by atoms with E-state index in [1.165, 1.54) is 6.20 Å². The number of aromatic nitrogens is 2. The molecule has 1 amide bonds. The molecule has 0 aliphatic carbocycles. The van der Waals surface area contributed by atoms with E-state index >= 15 is 0 Å². The highest BCUT2D eigenvalue weighted by Gasteiger charge is 2.25. The number of hydrogen-bond acceptors (Lipinski definition) is 5. The number of carbonyl (C=O) groups is 1. The van der Waals surface area contributed by atoms with Gasteiger partial charge in [0.25, 0.3) is 5.91 Å². The van der Waals surface area contributed by atoms with Crippen LogP contribution in [-0.4, -0.2) is 41.0 Å². The van der Waals surface area contributed by atoms with Crippen molar-refractivity contribution in [2.24, 2.45) is 0 Å². The number of aromatic amines is 1. The third-order valence-corrected chi connectivity index (χ3v) is 3.80. The summed E-state index contributed by atoms with van der Waals surface area (Å²) >= 11 is 0. The van der Waals surface area contributed by atoms with Gasteiger partial charge in [0, 0.05) is 12.5 Å². The fourth-order valence-electron chi connectivity index (χ4n) is 2.57. The zero-order chi connectivity index (χ0) is 15.5. The van der Waals surface area contributed by atoms with E-state index in [-0.39, 0.29) is 18.4 Å². The maximum Gasteiger partial charge on any atom is 0.254 e. The topological polar surface area (TPSA) is 100 Å². The van der Waals surface area contributed by atoms with Gasteiger partial charge in [0.1, 0.15) is 17.6 Å². The van der Waals surface area contributed by atoms with Gasteiger partial charge in [0.2, 0.25) is 0 Å². The van der Waals surface area contributed by atoms with Gasteiger partial charge in [-0.1, -0.05) is 0 Å². The summed E-state index contributed by atoms with van der Waals surface area (Å²) in [5.74, 6) is 1.06. The molecule has 3 rings (SSSR count). The molecule has 0 unspecified atom stereocenters. The molecule has 7 nitrogen and oxygen atoms in total. The van der Waals surface area contributed by atoms with Gasteiger partial charge in [-0.15, -0.1) is 0 Å². The van der Waals surface area contributed by atoms with Crippen molar-refractivity contribution in [3.05, 3.63) is 41.1 Å². The molecular weight excluding hydrogens is 286 g/mol. The summed E-state index contributed by atoms with van der Waals surface area (Å²) in [5, 5.41) is 19.5. The fourth-order valence-corrected chi connectivity index (χ4v) is 2.57. The maximum absolute atomic E-state index is 12.3. The highest BCUT2D eigenvalue weighted by atomic mass is 16.5. The first-order valence-corrected chi connectivity index (χ1v) is 7.28. The predicted molar refractivity (Wildman–Crippen MR) is 77.5 cm³/mol. The minimum atomic E-state index is -0.872. The molecule has 0 saturated carbocycles. The van der Waals surface area contributed by atoms with Crippen LogP contribution in [0.3, 0.4) is 0 Å². The molecule has 7 heteroatoms. The van der Waals surface area contributed by atoms with Crippen LogP contribution >= 0.6 is 0 Å². The smallest absolute Gasteiger partial charge is 0.254 e. The summed E-state index contributed by atoms with van der Waals surface area (Å²) in [5.41, 5.74) is 1.29. The van der Waals surface area contributed by atoms with Crippen LogP contribution < -0.4 is 5.32 Å². The largest absolute Gasteiger partial charge is 0.464 e. The van der Waals surface area contributed by atoms with Crippen molar-refractivity contribution in [3.8, 4) is 0 Å². The standard InChI is InChI=1S/C15H19N3O4/c1-9-2-3-13(22-9)12(19)7-16-15(20)11-6-17-18-14(11)10-4-5-21-8-10/h2-3,6,10,12,19H,4-5,7-8H2,1H3,(H,16,20)(H,17,18)/t10-,12-/m1/s1. The molecule has 0 bridgehead atoms. The van der Waals surface area contributed by atoms with Crippen molar-refractivity contribution in [2.45, 2.75) is 25.4 Å². The van der Waals surface area contributed by atoms with E-state index in [1.54, 1.807) is 19.1 Å². The van der Waals surface area contributed by atoms with Crippen LogP contribution in [0.4, 0.5) is 0 Å². The lowest BCUT2D eigenvalue weighted by molar-refractivity contribution is 0.0899. The summed E-state index contributed by atoms with van der Waals surface area (Å²) in [6.45, 7) is 3.17. The minimum absolute atomic E-state index is 0.0809. The first-order valence-electron chi connectivity index (χ1n) is 7.28. The van der Waals surface area contributed by atoms with Gasteiger partial charge < -0.3 is 19.6 Å². The third-order valence-electron chi connectivity index (χ3n) is 3.80. The number of aliphatic hydroxyl groups excluding tert-OH is 1. The molecule has 2 atom stereocenters. The number of furan rings is 1. The van der Waals surface area contributed by atoms with E-state index in [9.17, 15) is 9.90 Å². The van der Waals surface area contributed by atoms with Crippen LogP contribution in [0.25, 0.3) is 0 Å². The second-order valence-corrected chi connectivity index (χ2v) is 5.43. The lowest BCUT2D eigenvalue weighted by atomic mass is 10.0. The molecule has 0 spiro atoms. The van der Waals surface area contributed by atoms with Crippen molar-refractivity contribution < 1.29 is 19.1 Å². The van der Waals surface area contributed by atoms with Gasteiger partial charge in [-0.05, 0) is 25.5 Å². The Morgan fingerprint density at radius 3 is 3.14 bits per heavy atom. The maximum atomic E-state index is 12.3. The Balaban J connectivity index is 1.61. The van der Waals surface area contributed by atoms with Gasteiger partial charge in [0.15, 0.2) is 0 Å². The van der Waals surface area contributed by atoms with E-state index in [0.29, 0.717) is 24.5 Å². The molecule has 118 valence electrons. The Kier molecular flexibility index (Phi) is 4.26. The summed E-state index contributed by atoms with van der Waals surface area (Å²) < 4.78 is 10.7. The van der Waals surface area contributed by atoms with Gasteiger partial charge in [-0.3, -0.25) is 9.89 Å². The fraction of sp³-hybridized carbons (Fsp3) is 0.467. The Morgan fingerprint density at radius 2 is 2.45 bits per heavy atom.